The second kappa shape index (κ2) is 3.79. The maximum Gasteiger partial charge on any atom is 0.225 e. The maximum atomic E-state index is 13.4. The third kappa shape index (κ3) is 1.60. The average molecular weight is 214 g/mol. The van der Waals surface area contributed by atoms with Crippen molar-refractivity contribution < 1.29 is 13.2 Å². The number of hydrogen-bond acceptors (Lipinski definition) is 1. The van der Waals surface area contributed by atoms with E-state index < -0.39 is 16.6 Å². The molecular weight excluding hydrogens is 203 g/mol. The molecule has 2 rings (SSSR count). The first kappa shape index (κ1) is 9.80. The lowest BCUT2D eigenvalue weighted by molar-refractivity contribution is 0.418. The van der Waals surface area contributed by atoms with Crippen LogP contribution in [0.15, 0.2) is 18.2 Å². The lowest BCUT2D eigenvalue weighted by Gasteiger charge is -2.09. The number of benzene rings is 1. The fraction of sp³-hybridized carbons (Fsp3) is 0.400. The van der Waals surface area contributed by atoms with Crippen LogP contribution >= 0.6 is 0 Å². The molecule has 76 valence electrons. The van der Waals surface area contributed by atoms with Gasteiger partial charge in [0.25, 0.3) is 0 Å². The van der Waals surface area contributed by atoms with Gasteiger partial charge in [0.1, 0.15) is 0 Å². The van der Waals surface area contributed by atoms with Crippen molar-refractivity contribution in [3.8, 4) is 0 Å². The quantitative estimate of drug-likeness (QED) is 0.767. The van der Waals surface area contributed by atoms with Gasteiger partial charge in [-0.05, 0) is 30.4 Å². The highest BCUT2D eigenvalue weighted by Gasteiger charge is 2.23. The smallest absolute Gasteiger partial charge is 0.225 e. The topological polar surface area (TPSA) is 37.3 Å². The number of fused-ring (bicyclic) bond motifs is 1. The fourth-order valence-corrected chi connectivity index (χ4v) is 2.41. The molecule has 1 aromatic rings. The van der Waals surface area contributed by atoms with E-state index in [2.05, 4.69) is 0 Å². The highest BCUT2D eigenvalue weighted by atomic mass is 32.2. The Hall–Kier alpha value is -0.740. The van der Waals surface area contributed by atoms with Crippen LogP contribution in [0.25, 0.3) is 0 Å². The summed E-state index contributed by atoms with van der Waals surface area (Å²) in [7, 11) is 0. The molecule has 0 aromatic heterocycles. The van der Waals surface area contributed by atoms with Gasteiger partial charge in [-0.25, -0.2) is 8.60 Å². The van der Waals surface area contributed by atoms with Gasteiger partial charge >= 0.3 is 0 Å². The largest absolute Gasteiger partial charge is 0.304 e. The molecule has 1 N–H and O–H groups in total. The van der Waals surface area contributed by atoms with Crippen LogP contribution < -0.4 is 0 Å². The van der Waals surface area contributed by atoms with Gasteiger partial charge in [-0.15, -0.1) is 0 Å². The molecule has 0 heterocycles. The van der Waals surface area contributed by atoms with Crippen LogP contribution in [0.4, 0.5) is 4.39 Å². The van der Waals surface area contributed by atoms with Crippen LogP contribution in [-0.2, 0) is 23.9 Å². The number of rotatable bonds is 2. The Bertz CT molecular complexity index is 378. The molecule has 1 aromatic carbocycles. The van der Waals surface area contributed by atoms with Crippen molar-refractivity contribution in [3.63, 3.8) is 0 Å². The molecule has 0 fully saturated rings. The zero-order valence-electron chi connectivity index (χ0n) is 7.57. The van der Waals surface area contributed by atoms with E-state index in [1.165, 1.54) is 0 Å². The summed E-state index contributed by atoms with van der Waals surface area (Å²) in [6.45, 7) is 0. The van der Waals surface area contributed by atoms with Gasteiger partial charge in [0.2, 0.25) is 5.50 Å². The molecule has 0 saturated heterocycles. The third-order valence-electron chi connectivity index (χ3n) is 2.60. The molecule has 2 nitrogen and oxygen atoms in total. The normalized spacial score (nSPS) is 19.0. The summed E-state index contributed by atoms with van der Waals surface area (Å²) in [5.41, 5.74) is 0.682. The van der Waals surface area contributed by atoms with Crippen LogP contribution in [0.5, 0.6) is 0 Å². The second-order valence-electron chi connectivity index (χ2n) is 3.43. The molecule has 0 radical (unpaired) electrons. The molecule has 4 heteroatoms. The van der Waals surface area contributed by atoms with Crippen molar-refractivity contribution in [1.29, 1.82) is 0 Å². The van der Waals surface area contributed by atoms with E-state index in [1.54, 1.807) is 12.1 Å². The summed E-state index contributed by atoms with van der Waals surface area (Å²) in [6.07, 6.45) is 2.79. The molecule has 2 unspecified atom stereocenters. The monoisotopic (exact) mass is 214 g/mol. The van der Waals surface area contributed by atoms with Crippen LogP contribution in [0, 0.1) is 0 Å². The van der Waals surface area contributed by atoms with E-state index >= 15 is 0 Å². The van der Waals surface area contributed by atoms with Crippen molar-refractivity contribution in [2.75, 3.05) is 0 Å². The molecule has 0 aliphatic heterocycles. The van der Waals surface area contributed by atoms with Gasteiger partial charge in [0.05, 0.1) is 0 Å². The van der Waals surface area contributed by atoms with Crippen LogP contribution in [-0.4, -0.2) is 8.76 Å². The molecule has 1 aliphatic carbocycles. The number of aryl methyl sites for hydroxylation is 1. The Labute approximate surface area is 84.4 Å². The summed E-state index contributed by atoms with van der Waals surface area (Å²) >= 11 is -2.42. The van der Waals surface area contributed by atoms with Crippen LogP contribution in [0.1, 0.15) is 28.6 Å². The first-order valence-electron chi connectivity index (χ1n) is 4.54. The zero-order chi connectivity index (χ0) is 10.1. The zero-order valence-corrected chi connectivity index (χ0v) is 8.39. The van der Waals surface area contributed by atoms with Crippen molar-refractivity contribution in [3.05, 3.63) is 34.9 Å². The van der Waals surface area contributed by atoms with E-state index in [0.29, 0.717) is 5.56 Å². The van der Waals surface area contributed by atoms with Crippen molar-refractivity contribution in [2.45, 2.75) is 24.8 Å². The molecule has 0 bridgehead atoms. The lowest BCUT2D eigenvalue weighted by Crippen LogP contribution is -2.03. The Morgan fingerprint density at radius 1 is 1.43 bits per heavy atom. The third-order valence-corrected chi connectivity index (χ3v) is 3.21. The van der Waals surface area contributed by atoms with E-state index in [0.717, 1.165) is 30.4 Å². The summed E-state index contributed by atoms with van der Waals surface area (Å²) in [5.74, 6) is 0. The highest BCUT2D eigenvalue weighted by molar-refractivity contribution is 7.79. The van der Waals surface area contributed by atoms with Crippen molar-refractivity contribution in [2.24, 2.45) is 0 Å². The highest BCUT2D eigenvalue weighted by Crippen LogP contribution is 2.31. The van der Waals surface area contributed by atoms with E-state index in [4.69, 9.17) is 4.55 Å². The predicted molar refractivity (Wildman–Crippen MR) is 53.1 cm³/mol. The molecule has 0 spiro atoms. The van der Waals surface area contributed by atoms with Gasteiger partial charge < -0.3 is 4.55 Å². The Balaban J connectivity index is 2.44. The number of halogens is 1. The van der Waals surface area contributed by atoms with Crippen LogP contribution in [0.2, 0.25) is 0 Å². The van der Waals surface area contributed by atoms with Gasteiger partial charge in [-0.3, -0.25) is 0 Å². The van der Waals surface area contributed by atoms with E-state index in [1.807, 2.05) is 6.07 Å². The van der Waals surface area contributed by atoms with Gasteiger partial charge in [0.15, 0.2) is 11.1 Å². The Morgan fingerprint density at radius 3 is 2.93 bits per heavy atom. The molecule has 1 aliphatic rings. The van der Waals surface area contributed by atoms with Crippen LogP contribution in [0.3, 0.4) is 0 Å². The number of alkyl halides is 1. The maximum absolute atomic E-state index is 13.4. The van der Waals surface area contributed by atoms with Gasteiger partial charge in [0, 0.05) is 5.56 Å². The standard InChI is InChI=1S/C10H11FO2S/c11-10(14(12)13)9-6-2-4-7-3-1-5-8(7)9/h2,4,6,10H,1,3,5H2,(H,12,13). The first-order chi connectivity index (χ1) is 6.70. The summed E-state index contributed by atoms with van der Waals surface area (Å²) in [6, 6.07) is 5.31. The SMILES string of the molecule is O=S(O)C(F)c1cccc2c1CCC2. The molecule has 14 heavy (non-hydrogen) atoms. The second-order valence-corrected chi connectivity index (χ2v) is 4.40. The van der Waals surface area contributed by atoms with Crippen molar-refractivity contribution >= 4 is 11.1 Å². The minimum atomic E-state index is -2.42. The summed E-state index contributed by atoms with van der Waals surface area (Å²) in [4.78, 5) is 0. The fourth-order valence-electron chi connectivity index (χ4n) is 1.97. The Kier molecular flexibility index (Phi) is 2.65. The first-order valence-corrected chi connectivity index (χ1v) is 5.71. The van der Waals surface area contributed by atoms with Crippen molar-refractivity contribution in [1.82, 2.24) is 0 Å². The summed E-state index contributed by atoms with van der Waals surface area (Å²) in [5, 5.41) is 0. The summed E-state index contributed by atoms with van der Waals surface area (Å²) < 4.78 is 32.7. The molecule has 0 amide bonds. The molecular formula is C10H11FO2S. The van der Waals surface area contributed by atoms with E-state index in [-0.39, 0.29) is 0 Å². The molecule has 2 atom stereocenters. The van der Waals surface area contributed by atoms with Gasteiger partial charge in [-0.2, -0.15) is 0 Å². The van der Waals surface area contributed by atoms with E-state index in [9.17, 15) is 8.60 Å². The minimum Gasteiger partial charge on any atom is -0.304 e. The number of hydrogen-bond donors (Lipinski definition) is 1. The lowest BCUT2D eigenvalue weighted by atomic mass is 10.0. The minimum absolute atomic E-state index is 0.390. The van der Waals surface area contributed by atoms with Gasteiger partial charge in [-0.1, -0.05) is 18.2 Å². The Morgan fingerprint density at radius 2 is 2.21 bits per heavy atom. The predicted octanol–water partition coefficient (Wildman–Crippen LogP) is 2.37. The average Bonchev–Trinajstić information content (AvgIpc) is 2.63. The molecule has 0 saturated carbocycles.